The maximum absolute atomic E-state index is 10.5. The van der Waals surface area contributed by atoms with Gasteiger partial charge in [0.25, 0.3) is 0 Å². The van der Waals surface area contributed by atoms with Crippen LogP contribution in [0.2, 0.25) is 0 Å². The molecule has 0 amide bonds. The normalized spacial score (nSPS) is 26.9. The maximum Gasteiger partial charge on any atom is 0.0686 e. The van der Waals surface area contributed by atoms with Gasteiger partial charge in [-0.25, -0.2) is 0 Å². The highest BCUT2D eigenvalue weighted by Gasteiger charge is 2.44. The van der Waals surface area contributed by atoms with Crippen molar-refractivity contribution in [3.05, 3.63) is 35.4 Å². The van der Waals surface area contributed by atoms with E-state index in [-0.39, 0.29) is 11.7 Å². The third-order valence-corrected chi connectivity index (χ3v) is 5.03. The van der Waals surface area contributed by atoms with E-state index in [9.17, 15) is 5.11 Å². The van der Waals surface area contributed by atoms with Crippen molar-refractivity contribution >= 4 is 0 Å². The van der Waals surface area contributed by atoms with E-state index in [1.165, 1.54) is 30.4 Å². The fraction of sp³-hybridized carbons (Fsp3) is 0.647. The van der Waals surface area contributed by atoms with Gasteiger partial charge in [-0.3, -0.25) is 0 Å². The molecule has 1 saturated carbocycles. The molecular weight excluding hydrogens is 236 g/mol. The highest BCUT2D eigenvalue weighted by Crippen LogP contribution is 2.45. The fourth-order valence-electron chi connectivity index (χ4n) is 3.54. The van der Waals surface area contributed by atoms with Crippen LogP contribution in [-0.2, 0) is 11.2 Å². The van der Waals surface area contributed by atoms with Crippen molar-refractivity contribution in [2.75, 3.05) is 6.61 Å². The quantitative estimate of drug-likeness (QED) is 0.904. The van der Waals surface area contributed by atoms with Crippen molar-refractivity contribution in [2.45, 2.75) is 57.2 Å². The number of aliphatic hydroxyl groups is 1. The molecule has 0 aromatic heterocycles. The zero-order valence-electron chi connectivity index (χ0n) is 11.8. The van der Waals surface area contributed by atoms with Gasteiger partial charge in [0.05, 0.1) is 11.7 Å². The lowest BCUT2D eigenvalue weighted by Crippen LogP contribution is -2.48. The van der Waals surface area contributed by atoms with Crippen LogP contribution < -0.4 is 0 Å². The Bertz CT molecular complexity index is 437. The molecule has 2 nitrogen and oxygen atoms in total. The minimum atomic E-state index is -0.220. The molecule has 1 spiro atoms. The van der Waals surface area contributed by atoms with E-state index in [4.69, 9.17) is 4.74 Å². The maximum atomic E-state index is 10.5. The average Bonchev–Trinajstić information content (AvgIpc) is 2.40. The summed E-state index contributed by atoms with van der Waals surface area (Å²) < 4.78 is 5.94. The smallest absolute Gasteiger partial charge is 0.0686 e. The summed E-state index contributed by atoms with van der Waals surface area (Å²) in [5.74, 6) is 0.411. The Morgan fingerprint density at radius 2 is 2.16 bits per heavy atom. The molecule has 1 aliphatic heterocycles. The third kappa shape index (κ3) is 2.70. The van der Waals surface area contributed by atoms with Crippen molar-refractivity contribution in [1.82, 2.24) is 0 Å². The minimum Gasteiger partial charge on any atom is -0.392 e. The highest BCUT2D eigenvalue weighted by atomic mass is 16.5. The molecule has 2 fully saturated rings. The SMILES string of the molecule is Cc1ccccc1CC(O)C1CCOC2(CCC2)C1. The van der Waals surface area contributed by atoms with Crippen LogP contribution in [0.25, 0.3) is 0 Å². The Kier molecular flexibility index (Phi) is 3.64. The van der Waals surface area contributed by atoms with Crippen LogP contribution in [0.1, 0.15) is 43.2 Å². The molecule has 0 radical (unpaired) electrons. The van der Waals surface area contributed by atoms with E-state index < -0.39 is 0 Å². The molecule has 2 atom stereocenters. The van der Waals surface area contributed by atoms with Crippen LogP contribution in [0.15, 0.2) is 24.3 Å². The second kappa shape index (κ2) is 5.26. The monoisotopic (exact) mass is 260 g/mol. The molecule has 3 rings (SSSR count). The molecule has 1 aromatic rings. The molecule has 0 bridgehead atoms. The van der Waals surface area contributed by atoms with Crippen LogP contribution in [0, 0.1) is 12.8 Å². The molecule has 1 N–H and O–H groups in total. The predicted octanol–water partition coefficient (Wildman–Crippen LogP) is 3.25. The summed E-state index contributed by atoms with van der Waals surface area (Å²) in [5, 5.41) is 10.5. The molecule has 1 heterocycles. The van der Waals surface area contributed by atoms with Gasteiger partial charge in [0.15, 0.2) is 0 Å². The Hall–Kier alpha value is -0.860. The van der Waals surface area contributed by atoms with Gasteiger partial charge in [-0.2, -0.15) is 0 Å². The molecule has 1 aromatic carbocycles. The van der Waals surface area contributed by atoms with Crippen molar-refractivity contribution in [1.29, 1.82) is 0 Å². The summed E-state index contributed by atoms with van der Waals surface area (Å²) in [4.78, 5) is 0. The van der Waals surface area contributed by atoms with Crippen LogP contribution >= 0.6 is 0 Å². The van der Waals surface area contributed by atoms with Crippen molar-refractivity contribution < 1.29 is 9.84 Å². The first kappa shape index (κ1) is 13.1. The molecule has 104 valence electrons. The first-order valence-electron chi connectivity index (χ1n) is 7.55. The summed E-state index contributed by atoms with van der Waals surface area (Å²) in [5.41, 5.74) is 2.70. The largest absolute Gasteiger partial charge is 0.392 e. The zero-order chi connectivity index (χ0) is 13.3. The Morgan fingerprint density at radius 1 is 1.37 bits per heavy atom. The standard InChI is InChI=1S/C17H24O2/c1-13-5-2-3-6-14(13)11-16(18)15-7-10-19-17(12-15)8-4-9-17/h2-3,5-6,15-16,18H,4,7-12H2,1H3. The number of hydrogen-bond donors (Lipinski definition) is 1. The average molecular weight is 260 g/mol. The molecule has 1 aliphatic carbocycles. The molecule has 2 unspecified atom stereocenters. The fourth-order valence-corrected chi connectivity index (χ4v) is 3.54. The van der Waals surface area contributed by atoms with Gasteiger partial charge < -0.3 is 9.84 Å². The van der Waals surface area contributed by atoms with E-state index in [0.717, 1.165) is 25.9 Å². The van der Waals surface area contributed by atoms with Gasteiger partial charge in [0, 0.05) is 6.61 Å². The second-order valence-corrected chi connectivity index (χ2v) is 6.34. The van der Waals surface area contributed by atoms with Crippen molar-refractivity contribution in [3.8, 4) is 0 Å². The first-order chi connectivity index (χ1) is 9.19. The number of ether oxygens (including phenoxy) is 1. The lowest BCUT2D eigenvalue weighted by molar-refractivity contribution is -0.156. The van der Waals surface area contributed by atoms with Gasteiger partial charge in [0.2, 0.25) is 0 Å². The molecular formula is C17H24O2. The van der Waals surface area contributed by atoms with Crippen molar-refractivity contribution in [3.63, 3.8) is 0 Å². The van der Waals surface area contributed by atoms with E-state index in [1.807, 2.05) is 0 Å². The summed E-state index contributed by atoms with van der Waals surface area (Å²) in [6.45, 7) is 2.95. The van der Waals surface area contributed by atoms with Crippen LogP contribution in [0.5, 0.6) is 0 Å². The summed E-state index contributed by atoms with van der Waals surface area (Å²) in [6, 6.07) is 8.38. The summed E-state index contributed by atoms with van der Waals surface area (Å²) >= 11 is 0. The summed E-state index contributed by atoms with van der Waals surface area (Å²) in [6.07, 6.45) is 6.31. The third-order valence-electron chi connectivity index (χ3n) is 5.03. The number of aliphatic hydroxyl groups excluding tert-OH is 1. The number of rotatable bonds is 3. The van der Waals surface area contributed by atoms with Crippen LogP contribution in [-0.4, -0.2) is 23.4 Å². The van der Waals surface area contributed by atoms with Gasteiger partial charge >= 0.3 is 0 Å². The molecule has 1 saturated heterocycles. The topological polar surface area (TPSA) is 29.5 Å². The molecule has 19 heavy (non-hydrogen) atoms. The number of hydrogen-bond acceptors (Lipinski definition) is 2. The van der Waals surface area contributed by atoms with Gasteiger partial charge in [-0.15, -0.1) is 0 Å². The molecule has 2 aliphatic rings. The van der Waals surface area contributed by atoms with Gasteiger partial charge in [-0.1, -0.05) is 24.3 Å². The lowest BCUT2D eigenvalue weighted by atomic mass is 9.70. The van der Waals surface area contributed by atoms with Crippen LogP contribution in [0.4, 0.5) is 0 Å². The van der Waals surface area contributed by atoms with Gasteiger partial charge in [-0.05, 0) is 62.5 Å². The van der Waals surface area contributed by atoms with E-state index in [1.54, 1.807) is 0 Å². The molecule has 2 heteroatoms. The first-order valence-corrected chi connectivity index (χ1v) is 7.55. The predicted molar refractivity (Wildman–Crippen MR) is 76.1 cm³/mol. The van der Waals surface area contributed by atoms with E-state index >= 15 is 0 Å². The van der Waals surface area contributed by atoms with E-state index in [2.05, 4.69) is 31.2 Å². The summed E-state index contributed by atoms with van der Waals surface area (Å²) in [7, 11) is 0. The highest BCUT2D eigenvalue weighted by molar-refractivity contribution is 5.26. The zero-order valence-corrected chi connectivity index (χ0v) is 11.8. The second-order valence-electron chi connectivity index (χ2n) is 6.34. The Morgan fingerprint density at radius 3 is 2.84 bits per heavy atom. The number of benzene rings is 1. The van der Waals surface area contributed by atoms with E-state index in [0.29, 0.717) is 5.92 Å². The van der Waals surface area contributed by atoms with Crippen LogP contribution in [0.3, 0.4) is 0 Å². The Balaban J connectivity index is 1.64. The minimum absolute atomic E-state index is 0.135. The Labute approximate surface area is 115 Å². The number of aryl methyl sites for hydroxylation is 1. The van der Waals surface area contributed by atoms with Crippen molar-refractivity contribution in [2.24, 2.45) is 5.92 Å². The lowest BCUT2D eigenvalue weighted by Gasteiger charge is -2.48. The van der Waals surface area contributed by atoms with Gasteiger partial charge in [0.1, 0.15) is 0 Å².